The molecule has 0 saturated carbocycles. The number of pyridine rings is 1. The van der Waals surface area contributed by atoms with Crippen LogP contribution >= 0.6 is 23.2 Å². The molecule has 21 heavy (non-hydrogen) atoms. The fourth-order valence-corrected chi connectivity index (χ4v) is 2.85. The van der Waals surface area contributed by atoms with Crippen molar-refractivity contribution < 1.29 is 0 Å². The molecule has 0 N–H and O–H groups in total. The molecule has 110 valence electrons. The summed E-state index contributed by atoms with van der Waals surface area (Å²) in [7, 11) is 0. The standard InChI is InChI=1S/C16H17Cl2N3/c17-12-13-5-6-19-16(11-13)21-9-7-20(8-10-21)15-3-1-14(18)2-4-15/h1-6,11H,7-10,12H2. The summed E-state index contributed by atoms with van der Waals surface area (Å²) >= 11 is 11.8. The quantitative estimate of drug-likeness (QED) is 0.801. The van der Waals surface area contributed by atoms with Gasteiger partial charge < -0.3 is 9.80 Å². The van der Waals surface area contributed by atoms with E-state index in [9.17, 15) is 0 Å². The number of piperazine rings is 1. The van der Waals surface area contributed by atoms with Gasteiger partial charge in [0, 0.05) is 49.0 Å². The Labute approximate surface area is 135 Å². The van der Waals surface area contributed by atoms with Crippen LogP contribution in [0.25, 0.3) is 0 Å². The van der Waals surface area contributed by atoms with Crippen LogP contribution in [0.1, 0.15) is 5.56 Å². The summed E-state index contributed by atoms with van der Waals surface area (Å²) in [6, 6.07) is 12.1. The lowest BCUT2D eigenvalue weighted by Crippen LogP contribution is -2.46. The van der Waals surface area contributed by atoms with E-state index in [1.54, 1.807) is 0 Å². The Bertz CT molecular complexity index is 593. The number of hydrogen-bond donors (Lipinski definition) is 0. The maximum Gasteiger partial charge on any atom is 0.128 e. The van der Waals surface area contributed by atoms with Crippen molar-refractivity contribution >= 4 is 34.7 Å². The minimum absolute atomic E-state index is 0.528. The Hall–Kier alpha value is -1.45. The molecule has 2 aromatic rings. The van der Waals surface area contributed by atoms with E-state index < -0.39 is 0 Å². The van der Waals surface area contributed by atoms with Gasteiger partial charge in [0.15, 0.2) is 0 Å². The molecule has 0 atom stereocenters. The second-order valence-electron chi connectivity index (χ2n) is 5.11. The van der Waals surface area contributed by atoms with E-state index in [0.717, 1.165) is 42.6 Å². The third-order valence-electron chi connectivity index (χ3n) is 3.76. The van der Waals surface area contributed by atoms with Crippen molar-refractivity contribution in [1.29, 1.82) is 0 Å². The lowest BCUT2D eigenvalue weighted by Gasteiger charge is -2.36. The summed E-state index contributed by atoms with van der Waals surface area (Å²) in [5, 5.41) is 0.777. The van der Waals surface area contributed by atoms with Crippen molar-refractivity contribution in [1.82, 2.24) is 4.98 Å². The van der Waals surface area contributed by atoms with Gasteiger partial charge in [-0.3, -0.25) is 0 Å². The highest BCUT2D eigenvalue weighted by atomic mass is 35.5. The first-order chi connectivity index (χ1) is 10.3. The Morgan fingerprint density at radius 3 is 2.29 bits per heavy atom. The van der Waals surface area contributed by atoms with E-state index in [4.69, 9.17) is 23.2 Å². The highest BCUT2D eigenvalue weighted by molar-refractivity contribution is 6.30. The zero-order valence-electron chi connectivity index (χ0n) is 11.7. The van der Waals surface area contributed by atoms with E-state index in [2.05, 4.69) is 33.0 Å². The molecule has 0 radical (unpaired) electrons. The van der Waals surface area contributed by atoms with E-state index >= 15 is 0 Å². The molecule has 5 heteroatoms. The van der Waals surface area contributed by atoms with Crippen LogP contribution < -0.4 is 9.80 Å². The van der Waals surface area contributed by atoms with Gasteiger partial charge in [-0.25, -0.2) is 4.98 Å². The van der Waals surface area contributed by atoms with Crippen molar-refractivity contribution in [3.05, 3.63) is 53.2 Å². The molecule has 1 fully saturated rings. The maximum absolute atomic E-state index is 5.94. The molecule has 0 amide bonds. The van der Waals surface area contributed by atoms with Gasteiger partial charge in [0.2, 0.25) is 0 Å². The minimum Gasteiger partial charge on any atom is -0.368 e. The normalized spacial score (nSPS) is 15.3. The minimum atomic E-state index is 0.528. The van der Waals surface area contributed by atoms with E-state index in [1.807, 2.05) is 24.4 Å². The smallest absolute Gasteiger partial charge is 0.128 e. The molecule has 1 aliphatic heterocycles. The second-order valence-corrected chi connectivity index (χ2v) is 5.81. The van der Waals surface area contributed by atoms with Gasteiger partial charge in [0.05, 0.1) is 0 Å². The van der Waals surface area contributed by atoms with Gasteiger partial charge in [-0.05, 0) is 42.0 Å². The predicted molar refractivity (Wildman–Crippen MR) is 89.7 cm³/mol. The lowest BCUT2D eigenvalue weighted by atomic mass is 10.2. The van der Waals surface area contributed by atoms with Gasteiger partial charge in [-0.15, -0.1) is 11.6 Å². The molecule has 3 rings (SSSR count). The van der Waals surface area contributed by atoms with E-state index in [-0.39, 0.29) is 0 Å². The van der Waals surface area contributed by atoms with Crippen LogP contribution in [-0.2, 0) is 5.88 Å². The van der Waals surface area contributed by atoms with Gasteiger partial charge in [0.25, 0.3) is 0 Å². The van der Waals surface area contributed by atoms with Gasteiger partial charge in [0.1, 0.15) is 5.82 Å². The first-order valence-electron chi connectivity index (χ1n) is 7.02. The molecule has 1 aliphatic rings. The molecule has 2 heterocycles. The number of anilines is 2. The number of rotatable bonds is 3. The Morgan fingerprint density at radius 2 is 1.62 bits per heavy atom. The summed E-state index contributed by atoms with van der Waals surface area (Å²) in [5.74, 6) is 1.55. The van der Waals surface area contributed by atoms with Gasteiger partial charge in [-0.2, -0.15) is 0 Å². The zero-order chi connectivity index (χ0) is 14.7. The number of aromatic nitrogens is 1. The number of halogens is 2. The summed E-state index contributed by atoms with van der Waals surface area (Å²) in [6.07, 6.45) is 1.83. The van der Waals surface area contributed by atoms with Crippen LogP contribution in [0.5, 0.6) is 0 Å². The van der Waals surface area contributed by atoms with E-state index in [0.29, 0.717) is 5.88 Å². The highest BCUT2D eigenvalue weighted by Crippen LogP contribution is 2.21. The maximum atomic E-state index is 5.94. The molecule has 0 unspecified atom stereocenters. The molecule has 1 aromatic heterocycles. The van der Waals surface area contributed by atoms with Crippen LogP contribution in [0.3, 0.4) is 0 Å². The average Bonchev–Trinajstić information content (AvgIpc) is 2.56. The topological polar surface area (TPSA) is 19.4 Å². The third kappa shape index (κ3) is 3.42. The third-order valence-corrected chi connectivity index (χ3v) is 4.32. The van der Waals surface area contributed by atoms with Crippen molar-refractivity contribution in [2.24, 2.45) is 0 Å². The van der Waals surface area contributed by atoms with Crippen molar-refractivity contribution in [3.8, 4) is 0 Å². The molecule has 1 aromatic carbocycles. The number of nitrogens with zero attached hydrogens (tertiary/aromatic N) is 3. The molecular formula is C16H17Cl2N3. The summed E-state index contributed by atoms with van der Waals surface area (Å²) in [5.41, 5.74) is 2.34. The zero-order valence-corrected chi connectivity index (χ0v) is 13.2. The van der Waals surface area contributed by atoms with Crippen molar-refractivity contribution in [2.75, 3.05) is 36.0 Å². The molecule has 0 bridgehead atoms. The highest BCUT2D eigenvalue weighted by Gasteiger charge is 2.18. The Morgan fingerprint density at radius 1 is 0.952 bits per heavy atom. The first kappa shape index (κ1) is 14.5. The van der Waals surface area contributed by atoms with Crippen LogP contribution in [0.2, 0.25) is 5.02 Å². The van der Waals surface area contributed by atoms with Gasteiger partial charge >= 0.3 is 0 Å². The molecule has 3 nitrogen and oxygen atoms in total. The average molecular weight is 322 g/mol. The Balaban J connectivity index is 1.65. The van der Waals surface area contributed by atoms with Crippen LogP contribution in [0.15, 0.2) is 42.6 Å². The summed E-state index contributed by atoms with van der Waals surface area (Å²) in [4.78, 5) is 9.13. The summed E-state index contributed by atoms with van der Waals surface area (Å²) < 4.78 is 0. The van der Waals surface area contributed by atoms with Crippen LogP contribution in [0.4, 0.5) is 11.5 Å². The second kappa shape index (κ2) is 6.54. The van der Waals surface area contributed by atoms with Crippen molar-refractivity contribution in [3.63, 3.8) is 0 Å². The van der Waals surface area contributed by atoms with Crippen molar-refractivity contribution in [2.45, 2.75) is 5.88 Å². The number of hydrogen-bond acceptors (Lipinski definition) is 3. The molecular weight excluding hydrogens is 305 g/mol. The monoisotopic (exact) mass is 321 g/mol. The largest absolute Gasteiger partial charge is 0.368 e. The predicted octanol–water partition coefficient (Wildman–Crippen LogP) is 3.80. The number of alkyl halides is 1. The molecule has 1 saturated heterocycles. The molecule has 0 spiro atoms. The van der Waals surface area contributed by atoms with E-state index in [1.165, 1.54) is 5.69 Å². The SMILES string of the molecule is ClCc1ccnc(N2CCN(c3ccc(Cl)cc3)CC2)c1. The number of benzene rings is 1. The fourth-order valence-electron chi connectivity index (χ4n) is 2.56. The lowest BCUT2D eigenvalue weighted by molar-refractivity contribution is 0.647. The Kier molecular flexibility index (Phi) is 4.51. The fraction of sp³-hybridized carbons (Fsp3) is 0.312. The van der Waals surface area contributed by atoms with Gasteiger partial charge in [-0.1, -0.05) is 11.6 Å². The molecule has 0 aliphatic carbocycles. The van der Waals surface area contributed by atoms with Crippen LogP contribution in [-0.4, -0.2) is 31.2 Å². The van der Waals surface area contributed by atoms with Crippen LogP contribution in [0, 0.1) is 0 Å². The first-order valence-corrected chi connectivity index (χ1v) is 7.94. The summed E-state index contributed by atoms with van der Waals surface area (Å²) in [6.45, 7) is 3.88.